The van der Waals surface area contributed by atoms with Gasteiger partial charge < -0.3 is 15.4 Å². The molecule has 2 unspecified atom stereocenters. The number of carbonyl (C=O) groups excluding carboxylic acids is 1. The third-order valence-electron chi connectivity index (χ3n) is 3.21. The van der Waals surface area contributed by atoms with Crippen LogP contribution in [-0.4, -0.2) is 28.6 Å². The van der Waals surface area contributed by atoms with Crippen LogP contribution >= 0.6 is 15.9 Å². The number of nitrogens with one attached hydrogen (secondary N) is 2. The number of aliphatic hydroxyl groups is 1. The standard InChI is InChI=1S/C15H19BrN2O2/c1-9(6-10(2)19)8-17-15(20)14-7-11-12(16)4-3-5-13(11)18-14/h3-5,7,9-10,18-19H,6,8H2,1-2H3,(H,17,20). The molecule has 1 aromatic heterocycles. The maximum absolute atomic E-state index is 12.1. The first-order valence-corrected chi connectivity index (χ1v) is 7.50. The number of carbonyl (C=O) groups is 1. The Morgan fingerprint density at radius 2 is 2.20 bits per heavy atom. The van der Waals surface area contributed by atoms with Crippen LogP contribution < -0.4 is 5.32 Å². The van der Waals surface area contributed by atoms with E-state index in [-0.39, 0.29) is 17.9 Å². The van der Waals surface area contributed by atoms with E-state index in [1.54, 1.807) is 6.92 Å². The second-order valence-electron chi connectivity index (χ2n) is 5.28. The number of halogens is 1. The van der Waals surface area contributed by atoms with Crippen molar-refractivity contribution in [1.29, 1.82) is 0 Å². The lowest BCUT2D eigenvalue weighted by Crippen LogP contribution is -2.29. The molecule has 1 amide bonds. The average molecular weight is 339 g/mol. The minimum absolute atomic E-state index is 0.120. The lowest BCUT2D eigenvalue weighted by molar-refractivity contribution is 0.0935. The molecule has 108 valence electrons. The molecule has 0 bridgehead atoms. The highest BCUT2D eigenvalue weighted by atomic mass is 79.9. The molecule has 0 saturated heterocycles. The first-order valence-electron chi connectivity index (χ1n) is 6.71. The maximum atomic E-state index is 12.1. The van der Waals surface area contributed by atoms with Crippen molar-refractivity contribution in [3.05, 3.63) is 34.4 Å². The first kappa shape index (κ1) is 15.1. The number of rotatable bonds is 5. The van der Waals surface area contributed by atoms with E-state index in [1.807, 2.05) is 31.2 Å². The van der Waals surface area contributed by atoms with Gasteiger partial charge >= 0.3 is 0 Å². The molecule has 1 heterocycles. The van der Waals surface area contributed by atoms with Gasteiger partial charge in [-0.2, -0.15) is 0 Å². The Kier molecular flexibility index (Phi) is 4.83. The second kappa shape index (κ2) is 6.41. The van der Waals surface area contributed by atoms with Crippen LogP contribution in [0.5, 0.6) is 0 Å². The Bertz CT molecular complexity index is 607. The van der Waals surface area contributed by atoms with E-state index in [1.165, 1.54) is 0 Å². The normalized spacial score (nSPS) is 14.2. The molecule has 2 rings (SSSR count). The molecule has 5 heteroatoms. The van der Waals surface area contributed by atoms with E-state index in [9.17, 15) is 9.90 Å². The second-order valence-corrected chi connectivity index (χ2v) is 6.14. The van der Waals surface area contributed by atoms with Crippen LogP contribution in [0.15, 0.2) is 28.7 Å². The van der Waals surface area contributed by atoms with Gasteiger partial charge in [0.15, 0.2) is 0 Å². The molecular weight excluding hydrogens is 320 g/mol. The summed E-state index contributed by atoms with van der Waals surface area (Å²) < 4.78 is 0.966. The molecule has 0 aliphatic heterocycles. The summed E-state index contributed by atoms with van der Waals surface area (Å²) in [6.07, 6.45) is 0.337. The molecule has 4 nitrogen and oxygen atoms in total. The number of aromatic amines is 1. The van der Waals surface area contributed by atoms with E-state index in [0.717, 1.165) is 15.4 Å². The van der Waals surface area contributed by atoms with Crippen LogP contribution in [0.25, 0.3) is 10.9 Å². The monoisotopic (exact) mass is 338 g/mol. The molecule has 0 aliphatic carbocycles. The van der Waals surface area contributed by atoms with Gasteiger partial charge in [-0.3, -0.25) is 4.79 Å². The zero-order valence-electron chi connectivity index (χ0n) is 11.6. The van der Waals surface area contributed by atoms with Gasteiger partial charge in [-0.05, 0) is 37.5 Å². The SMILES string of the molecule is CC(O)CC(C)CNC(=O)c1cc2c(Br)cccc2[nH]1. The van der Waals surface area contributed by atoms with Crippen LogP contribution in [0.1, 0.15) is 30.8 Å². The molecule has 0 aliphatic rings. The van der Waals surface area contributed by atoms with Gasteiger partial charge in [0.1, 0.15) is 5.69 Å². The number of aromatic nitrogens is 1. The number of aliphatic hydroxyl groups excluding tert-OH is 1. The van der Waals surface area contributed by atoms with Crippen LogP contribution in [0.2, 0.25) is 0 Å². The molecule has 20 heavy (non-hydrogen) atoms. The van der Waals surface area contributed by atoms with Crippen molar-refractivity contribution in [2.75, 3.05) is 6.54 Å². The topological polar surface area (TPSA) is 65.1 Å². The Balaban J connectivity index is 2.03. The third kappa shape index (κ3) is 3.61. The summed E-state index contributed by atoms with van der Waals surface area (Å²) in [7, 11) is 0. The molecule has 3 N–H and O–H groups in total. The Morgan fingerprint density at radius 3 is 2.85 bits per heavy atom. The highest BCUT2D eigenvalue weighted by Crippen LogP contribution is 2.24. The predicted molar refractivity (Wildman–Crippen MR) is 83.8 cm³/mol. The number of benzene rings is 1. The van der Waals surface area contributed by atoms with Gasteiger partial charge in [0.05, 0.1) is 6.10 Å². The molecule has 0 spiro atoms. The smallest absolute Gasteiger partial charge is 0.267 e. The molecule has 1 aromatic carbocycles. The third-order valence-corrected chi connectivity index (χ3v) is 3.90. The Labute approximate surface area is 126 Å². The lowest BCUT2D eigenvalue weighted by atomic mass is 10.0. The van der Waals surface area contributed by atoms with Gasteiger partial charge in [-0.15, -0.1) is 0 Å². The van der Waals surface area contributed by atoms with Crippen molar-refractivity contribution in [3.8, 4) is 0 Å². The summed E-state index contributed by atoms with van der Waals surface area (Å²) in [4.78, 5) is 15.2. The minimum atomic E-state index is -0.342. The summed E-state index contributed by atoms with van der Waals surface area (Å²) in [6, 6.07) is 7.65. The number of amides is 1. The molecule has 0 fully saturated rings. The summed E-state index contributed by atoms with van der Waals surface area (Å²) in [5.74, 6) is 0.126. The fourth-order valence-electron chi connectivity index (χ4n) is 2.27. The number of fused-ring (bicyclic) bond motifs is 1. The quantitative estimate of drug-likeness (QED) is 0.784. The highest BCUT2D eigenvalue weighted by molar-refractivity contribution is 9.10. The zero-order valence-corrected chi connectivity index (χ0v) is 13.2. The minimum Gasteiger partial charge on any atom is -0.393 e. The van der Waals surface area contributed by atoms with E-state index in [2.05, 4.69) is 26.2 Å². The molecule has 0 radical (unpaired) electrons. The molecular formula is C15H19BrN2O2. The van der Waals surface area contributed by atoms with Crippen LogP contribution in [0, 0.1) is 5.92 Å². The van der Waals surface area contributed by atoms with Crippen molar-refractivity contribution in [3.63, 3.8) is 0 Å². The van der Waals surface area contributed by atoms with Crippen molar-refractivity contribution in [2.24, 2.45) is 5.92 Å². The fraction of sp³-hybridized carbons (Fsp3) is 0.400. The molecule has 2 aromatic rings. The summed E-state index contributed by atoms with van der Waals surface area (Å²) in [6.45, 7) is 4.32. The van der Waals surface area contributed by atoms with E-state index in [4.69, 9.17) is 0 Å². The average Bonchev–Trinajstić information content (AvgIpc) is 2.80. The maximum Gasteiger partial charge on any atom is 0.267 e. The van der Waals surface area contributed by atoms with Crippen molar-refractivity contribution in [2.45, 2.75) is 26.4 Å². The summed E-state index contributed by atoms with van der Waals surface area (Å²) in [5.41, 5.74) is 1.48. The summed E-state index contributed by atoms with van der Waals surface area (Å²) >= 11 is 3.47. The van der Waals surface area contributed by atoms with Crippen molar-refractivity contribution in [1.82, 2.24) is 10.3 Å². The Hall–Kier alpha value is -1.33. The fourth-order valence-corrected chi connectivity index (χ4v) is 2.75. The van der Waals surface area contributed by atoms with Gasteiger partial charge in [0.2, 0.25) is 0 Å². The van der Waals surface area contributed by atoms with E-state index < -0.39 is 0 Å². The number of H-pyrrole nitrogens is 1. The van der Waals surface area contributed by atoms with Gasteiger partial charge in [0, 0.05) is 21.9 Å². The van der Waals surface area contributed by atoms with Gasteiger partial charge in [-0.25, -0.2) is 0 Å². The zero-order chi connectivity index (χ0) is 14.7. The molecule has 2 atom stereocenters. The largest absolute Gasteiger partial charge is 0.393 e. The van der Waals surface area contributed by atoms with Crippen LogP contribution in [0.3, 0.4) is 0 Å². The number of hydrogen-bond donors (Lipinski definition) is 3. The summed E-state index contributed by atoms with van der Waals surface area (Å²) in [5, 5.41) is 13.2. The predicted octanol–water partition coefficient (Wildman–Crippen LogP) is 3.07. The van der Waals surface area contributed by atoms with E-state index >= 15 is 0 Å². The van der Waals surface area contributed by atoms with Crippen molar-refractivity contribution >= 4 is 32.7 Å². The van der Waals surface area contributed by atoms with Crippen LogP contribution in [-0.2, 0) is 0 Å². The highest BCUT2D eigenvalue weighted by Gasteiger charge is 2.12. The van der Waals surface area contributed by atoms with Crippen molar-refractivity contribution < 1.29 is 9.90 Å². The molecule has 0 saturated carbocycles. The van der Waals surface area contributed by atoms with Gasteiger partial charge in [-0.1, -0.05) is 28.9 Å². The van der Waals surface area contributed by atoms with Crippen LogP contribution in [0.4, 0.5) is 0 Å². The van der Waals surface area contributed by atoms with Gasteiger partial charge in [0.25, 0.3) is 5.91 Å². The first-order chi connectivity index (χ1) is 9.47. The number of hydrogen-bond acceptors (Lipinski definition) is 2. The Morgan fingerprint density at radius 1 is 1.45 bits per heavy atom. The lowest BCUT2D eigenvalue weighted by Gasteiger charge is -2.13. The van der Waals surface area contributed by atoms with E-state index in [0.29, 0.717) is 18.7 Å².